The van der Waals surface area contributed by atoms with E-state index in [4.69, 9.17) is 9.05 Å². The van der Waals surface area contributed by atoms with Crippen LogP contribution in [0.4, 0.5) is 0 Å². The van der Waals surface area contributed by atoms with Crippen LogP contribution < -0.4 is 10.2 Å². The molecular weight excluding hydrogens is 816 g/mol. The van der Waals surface area contributed by atoms with Crippen molar-refractivity contribution in [3.8, 4) is 0 Å². The summed E-state index contributed by atoms with van der Waals surface area (Å²) in [5.74, 6) is -0.157. The first-order chi connectivity index (χ1) is 31.0. The Morgan fingerprint density at radius 2 is 0.766 bits per heavy atom. The minimum atomic E-state index is -4.57. The Hall–Kier alpha value is -0.500. The lowest BCUT2D eigenvalue weighted by molar-refractivity contribution is -0.870. The third-order valence-electron chi connectivity index (χ3n) is 13.3. The summed E-state index contributed by atoms with van der Waals surface area (Å²) in [4.78, 5) is 25.5. The first-order valence-corrected chi connectivity index (χ1v) is 29.8. The van der Waals surface area contributed by atoms with Gasteiger partial charge in [-0.25, -0.2) is 0 Å². The van der Waals surface area contributed by atoms with Crippen LogP contribution in [-0.2, 0) is 18.4 Å². The predicted octanol–water partition coefficient (Wildman–Crippen LogP) is 16.2. The molecule has 0 aliphatic rings. The molecule has 0 radical (unpaired) electrons. The molecular formula is C55H113N2O6P. The molecule has 384 valence electrons. The lowest BCUT2D eigenvalue weighted by atomic mass is 10.0. The van der Waals surface area contributed by atoms with E-state index >= 15 is 0 Å². The van der Waals surface area contributed by atoms with Gasteiger partial charge in [-0.2, -0.15) is 0 Å². The quantitative estimate of drug-likeness (QED) is 0.0357. The van der Waals surface area contributed by atoms with Crippen molar-refractivity contribution in [2.45, 2.75) is 309 Å². The van der Waals surface area contributed by atoms with E-state index < -0.39 is 20.0 Å². The Labute approximate surface area is 399 Å². The average molecular weight is 929 g/mol. The molecule has 0 aromatic carbocycles. The number of nitrogens with one attached hydrogen (secondary N) is 1. The minimum Gasteiger partial charge on any atom is -0.756 e. The number of aliphatic hydroxyl groups excluding tert-OH is 1. The average Bonchev–Trinajstić information content (AvgIpc) is 3.25. The van der Waals surface area contributed by atoms with Gasteiger partial charge in [0.1, 0.15) is 13.2 Å². The molecule has 0 heterocycles. The van der Waals surface area contributed by atoms with Gasteiger partial charge in [-0.1, -0.05) is 277 Å². The van der Waals surface area contributed by atoms with Crippen LogP contribution in [0.3, 0.4) is 0 Å². The summed E-state index contributed by atoms with van der Waals surface area (Å²) < 4.78 is 23.4. The molecule has 2 N–H and O–H groups in total. The zero-order valence-electron chi connectivity index (χ0n) is 43.8. The number of rotatable bonds is 53. The van der Waals surface area contributed by atoms with Crippen molar-refractivity contribution in [3.63, 3.8) is 0 Å². The van der Waals surface area contributed by atoms with Crippen LogP contribution in [0.2, 0.25) is 0 Å². The lowest BCUT2D eigenvalue weighted by Crippen LogP contribution is -2.46. The maximum atomic E-state index is 13.0. The molecule has 9 heteroatoms. The number of carbonyl (C=O) groups is 1. The summed E-state index contributed by atoms with van der Waals surface area (Å²) in [6.07, 6.45) is 55.6. The van der Waals surface area contributed by atoms with Gasteiger partial charge in [-0.3, -0.25) is 9.36 Å². The summed E-state index contributed by atoms with van der Waals surface area (Å²) in [6.45, 7) is 4.77. The highest BCUT2D eigenvalue weighted by atomic mass is 31.2. The van der Waals surface area contributed by atoms with Crippen LogP contribution in [0.5, 0.6) is 0 Å². The molecule has 3 atom stereocenters. The number of likely N-dealkylation sites (N-methyl/N-ethyl adjacent to an activating group) is 1. The number of phosphoric acid groups is 1. The molecule has 0 bridgehead atoms. The van der Waals surface area contributed by atoms with Crippen LogP contribution in [-0.4, -0.2) is 68.5 Å². The van der Waals surface area contributed by atoms with Gasteiger partial charge in [-0.15, -0.1) is 0 Å². The molecule has 0 spiro atoms. The topological polar surface area (TPSA) is 108 Å². The summed E-state index contributed by atoms with van der Waals surface area (Å²) >= 11 is 0. The molecule has 8 nitrogen and oxygen atoms in total. The Balaban J connectivity index is 4.10. The monoisotopic (exact) mass is 929 g/mol. The van der Waals surface area contributed by atoms with E-state index in [1.165, 1.54) is 231 Å². The number of unbranched alkanes of at least 4 members (excludes halogenated alkanes) is 40. The van der Waals surface area contributed by atoms with E-state index in [9.17, 15) is 19.4 Å². The molecule has 0 aliphatic heterocycles. The van der Waals surface area contributed by atoms with Gasteiger partial charge in [0, 0.05) is 6.42 Å². The van der Waals surface area contributed by atoms with Crippen LogP contribution >= 0.6 is 7.82 Å². The van der Waals surface area contributed by atoms with Crippen molar-refractivity contribution in [3.05, 3.63) is 0 Å². The van der Waals surface area contributed by atoms with E-state index in [0.29, 0.717) is 23.9 Å². The number of nitrogens with zero attached hydrogens (tertiary/aromatic N) is 1. The maximum absolute atomic E-state index is 13.0. The Kier molecular flexibility index (Phi) is 47.2. The number of hydrogen-bond acceptors (Lipinski definition) is 6. The fraction of sp³-hybridized carbons (Fsp3) is 0.982. The molecule has 0 aliphatic carbocycles. The molecule has 64 heavy (non-hydrogen) atoms. The van der Waals surface area contributed by atoms with E-state index in [-0.39, 0.29) is 19.1 Å². The second-order valence-corrected chi connectivity index (χ2v) is 22.4. The molecule has 0 fully saturated rings. The Morgan fingerprint density at radius 3 is 1.06 bits per heavy atom. The molecule has 0 aromatic heterocycles. The maximum Gasteiger partial charge on any atom is 0.268 e. The summed E-state index contributed by atoms with van der Waals surface area (Å²) in [6, 6.07) is -0.794. The number of quaternary nitrogens is 1. The highest BCUT2D eigenvalue weighted by Crippen LogP contribution is 2.38. The van der Waals surface area contributed by atoms with Gasteiger partial charge in [0.2, 0.25) is 5.91 Å². The molecule has 0 saturated carbocycles. The third-order valence-corrected chi connectivity index (χ3v) is 14.3. The summed E-state index contributed by atoms with van der Waals surface area (Å²) in [7, 11) is 1.32. The Morgan fingerprint density at radius 1 is 0.484 bits per heavy atom. The normalized spacial score (nSPS) is 13.9. The summed E-state index contributed by atoms with van der Waals surface area (Å²) in [5.41, 5.74) is 0. The predicted molar refractivity (Wildman–Crippen MR) is 275 cm³/mol. The third kappa shape index (κ3) is 49.4. The molecule has 1 amide bonds. The number of aliphatic hydroxyl groups is 1. The first-order valence-electron chi connectivity index (χ1n) is 28.4. The Bertz CT molecular complexity index is 1010. The lowest BCUT2D eigenvalue weighted by Gasteiger charge is -2.30. The van der Waals surface area contributed by atoms with Gasteiger partial charge in [0.25, 0.3) is 7.82 Å². The number of carbonyl (C=O) groups excluding carboxylic acids is 1. The fourth-order valence-corrected chi connectivity index (χ4v) is 9.59. The molecule has 1 unspecified atom stereocenters. The van der Waals surface area contributed by atoms with E-state index in [1.54, 1.807) is 0 Å². The van der Waals surface area contributed by atoms with Gasteiger partial charge in [-0.05, 0) is 12.8 Å². The van der Waals surface area contributed by atoms with Crippen LogP contribution in [0.25, 0.3) is 0 Å². The minimum absolute atomic E-state index is 0.0166. The van der Waals surface area contributed by atoms with Gasteiger partial charge in [0.05, 0.1) is 39.9 Å². The van der Waals surface area contributed by atoms with E-state index in [2.05, 4.69) is 19.2 Å². The van der Waals surface area contributed by atoms with E-state index in [1.807, 2.05) is 21.1 Å². The fourth-order valence-electron chi connectivity index (χ4n) is 8.87. The zero-order chi connectivity index (χ0) is 47.1. The van der Waals surface area contributed by atoms with Crippen molar-refractivity contribution in [1.82, 2.24) is 5.32 Å². The van der Waals surface area contributed by atoms with Crippen molar-refractivity contribution in [1.29, 1.82) is 0 Å². The van der Waals surface area contributed by atoms with Gasteiger partial charge >= 0.3 is 0 Å². The zero-order valence-corrected chi connectivity index (χ0v) is 44.7. The standard InChI is InChI=1S/C55H113N2O6P/c1-6-8-10-12-14-16-18-20-22-24-25-26-27-28-29-30-31-33-35-37-39-41-43-45-47-49-55(59)56-53(52-63-64(60,61)62-51-50-57(3,4)5)54(58)48-46-44-42-40-38-36-34-32-23-21-19-17-15-13-11-9-7-2/h53-54,58H,6-52H2,1-5H3,(H-,56,59,60,61)/t53-,54+/m0/s1. The van der Waals surface area contributed by atoms with Gasteiger partial charge in [0.15, 0.2) is 0 Å². The second kappa shape index (κ2) is 47.6. The first kappa shape index (κ1) is 63.5. The largest absolute Gasteiger partial charge is 0.756 e. The SMILES string of the molecule is CCCCCCCCCCCCCCCCCCCCCCCCCCCC(=O)N[C@@H](COP(=O)([O-])OCC[N+](C)(C)C)[C@H](O)CCCCCCCCCCCCCCCCCCC. The van der Waals surface area contributed by atoms with Crippen molar-refractivity contribution in [2.75, 3.05) is 40.9 Å². The number of amides is 1. The van der Waals surface area contributed by atoms with Gasteiger partial charge < -0.3 is 28.8 Å². The van der Waals surface area contributed by atoms with Crippen molar-refractivity contribution < 1.29 is 32.9 Å². The molecule has 0 saturated heterocycles. The van der Waals surface area contributed by atoms with Crippen LogP contribution in [0.15, 0.2) is 0 Å². The van der Waals surface area contributed by atoms with Crippen LogP contribution in [0.1, 0.15) is 296 Å². The second-order valence-electron chi connectivity index (χ2n) is 21.0. The van der Waals surface area contributed by atoms with E-state index in [0.717, 1.165) is 38.5 Å². The molecule has 0 rings (SSSR count). The number of phosphoric ester groups is 1. The summed E-state index contributed by atoms with van der Waals surface area (Å²) in [5, 5.41) is 14.0. The van der Waals surface area contributed by atoms with Crippen molar-refractivity contribution >= 4 is 13.7 Å². The van der Waals surface area contributed by atoms with Crippen LogP contribution in [0, 0.1) is 0 Å². The smallest absolute Gasteiger partial charge is 0.268 e. The number of hydrogen-bond donors (Lipinski definition) is 2. The highest BCUT2D eigenvalue weighted by molar-refractivity contribution is 7.45. The molecule has 0 aromatic rings. The highest BCUT2D eigenvalue weighted by Gasteiger charge is 2.24. The van der Waals surface area contributed by atoms with Crippen molar-refractivity contribution in [2.24, 2.45) is 0 Å².